The molecule has 0 atom stereocenters. The zero-order valence-electron chi connectivity index (χ0n) is 17.5. The molecule has 0 aliphatic rings. The fraction of sp³-hybridized carbons (Fsp3) is 0.125. The first-order chi connectivity index (χ1) is 15.9. The Bertz CT molecular complexity index is 1320. The second kappa shape index (κ2) is 9.94. The number of esters is 1. The summed E-state index contributed by atoms with van der Waals surface area (Å²) in [5.41, 5.74) is 2.64. The lowest BCUT2D eigenvalue weighted by atomic mass is 10.1. The minimum atomic E-state index is -0.378. The molecule has 3 aromatic carbocycles. The summed E-state index contributed by atoms with van der Waals surface area (Å²) in [6, 6.07) is 17.1. The maximum absolute atomic E-state index is 12.5. The summed E-state index contributed by atoms with van der Waals surface area (Å²) in [4.78, 5) is 31.4. The molecule has 1 aromatic heterocycles. The lowest BCUT2D eigenvalue weighted by Crippen LogP contribution is -2.13. The second-order valence-electron chi connectivity index (χ2n) is 7.07. The van der Waals surface area contributed by atoms with Gasteiger partial charge in [0, 0.05) is 10.7 Å². The number of nitrogens with one attached hydrogen (secondary N) is 2. The second-order valence-corrected chi connectivity index (χ2v) is 7.92. The number of amides is 1. The standard InChI is InChI=1S/C24H19Cl2N3O4/c1-2-32-22(30)12-14-3-10-21(18(26)11-14)33-17-7-5-16(6-8-17)27-24(31)23-28-19-9-4-15(25)13-20(19)29-23/h3-11,13H,2,12H2,1H3,(H,27,31)(H,28,29). The van der Waals surface area contributed by atoms with Gasteiger partial charge in [0.05, 0.1) is 29.1 Å². The van der Waals surface area contributed by atoms with Crippen LogP contribution in [0.25, 0.3) is 11.0 Å². The van der Waals surface area contributed by atoms with Crippen LogP contribution in [-0.4, -0.2) is 28.5 Å². The van der Waals surface area contributed by atoms with Crippen LogP contribution in [-0.2, 0) is 16.0 Å². The van der Waals surface area contributed by atoms with Gasteiger partial charge in [-0.05, 0) is 67.1 Å². The third kappa shape index (κ3) is 5.63. The topological polar surface area (TPSA) is 93.3 Å². The van der Waals surface area contributed by atoms with Gasteiger partial charge in [-0.2, -0.15) is 0 Å². The number of halogens is 2. The van der Waals surface area contributed by atoms with Crippen molar-refractivity contribution in [3.8, 4) is 11.5 Å². The predicted molar refractivity (Wildman–Crippen MR) is 127 cm³/mol. The summed E-state index contributed by atoms with van der Waals surface area (Å²) in [6.07, 6.45) is 0.139. The maximum Gasteiger partial charge on any atom is 0.310 e. The lowest BCUT2D eigenvalue weighted by molar-refractivity contribution is -0.142. The number of carbonyl (C=O) groups excluding carboxylic acids is 2. The average Bonchev–Trinajstić information content (AvgIpc) is 3.20. The Kier molecular flexibility index (Phi) is 6.82. The largest absolute Gasteiger partial charge is 0.466 e. The molecule has 0 radical (unpaired) electrons. The highest BCUT2D eigenvalue weighted by atomic mass is 35.5. The van der Waals surface area contributed by atoms with Crippen LogP contribution in [0.1, 0.15) is 23.1 Å². The van der Waals surface area contributed by atoms with Gasteiger partial charge in [-0.25, -0.2) is 4.98 Å². The van der Waals surface area contributed by atoms with Crippen molar-refractivity contribution in [3.63, 3.8) is 0 Å². The molecule has 4 aromatic rings. The van der Waals surface area contributed by atoms with Crippen molar-refractivity contribution in [1.82, 2.24) is 9.97 Å². The van der Waals surface area contributed by atoms with Gasteiger partial charge in [-0.1, -0.05) is 29.3 Å². The van der Waals surface area contributed by atoms with E-state index in [2.05, 4.69) is 15.3 Å². The SMILES string of the molecule is CCOC(=O)Cc1ccc(Oc2ccc(NC(=O)c3nc4ccc(Cl)cc4[nH]3)cc2)c(Cl)c1. The Hall–Kier alpha value is -3.55. The molecule has 1 heterocycles. The Morgan fingerprint density at radius 3 is 2.55 bits per heavy atom. The molecule has 0 unspecified atom stereocenters. The molecule has 2 N–H and O–H groups in total. The number of hydrogen-bond acceptors (Lipinski definition) is 5. The molecule has 9 heteroatoms. The molecule has 1 amide bonds. The van der Waals surface area contributed by atoms with E-state index in [0.29, 0.717) is 44.9 Å². The maximum atomic E-state index is 12.5. The molecule has 0 bridgehead atoms. The first kappa shape index (κ1) is 22.6. The van der Waals surface area contributed by atoms with Crippen molar-refractivity contribution in [2.45, 2.75) is 13.3 Å². The van der Waals surface area contributed by atoms with Gasteiger partial charge in [0.1, 0.15) is 11.5 Å². The third-order valence-electron chi connectivity index (χ3n) is 4.65. The fourth-order valence-corrected chi connectivity index (χ4v) is 3.54. The van der Waals surface area contributed by atoms with Gasteiger partial charge in [0.25, 0.3) is 5.91 Å². The van der Waals surface area contributed by atoms with E-state index in [1.165, 1.54) is 0 Å². The summed E-state index contributed by atoms with van der Waals surface area (Å²) < 4.78 is 10.8. The Balaban J connectivity index is 1.39. The summed E-state index contributed by atoms with van der Waals surface area (Å²) in [5, 5.41) is 3.71. The molecular weight excluding hydrogens is 465 g/mol. The molecule has 0 aliphatic carbocycles. The average molecular weight is 484 g/mol. The Labute approximate surface area is 199 Å². The number of aromatic nitrogens is 2. The van der Waals surface area contributed by atoms with Crippen molar-refractivity contribution in [2.75, 3.05) is 11.9 Å². The predicted octanol–water partition coefficient (Wildman–Crippen LogP) is 6.02. The fourth-order valence-electron chi connectivity index (χ4n) is 3.13. The lowest BCUT2D eigenvalue weighted by Gasteiger charge is -2.10. The first-order valence-corrected chi connectivity index (χ1v) is 10.9. The van der Waals surface area contributed by atoms with Crippen molar-refractivity contribution in [1.29, 1.82) is 0 Å². The van der Waals surface area contributed by atoms with Gasteiger partial charge in [-0.3, -0.25) is 9.59 Å². The third-order valence-corrected chi connectivity index (χ3v) is 5.18. The van der Waals surface area contributed by atoms with Crippen molar-refractivity contribution < 1.29 is 19.1 Å². The molecule has 168 valence electrons. The number of fused-ring (bicyclic) bond motifs is 1. The Morgan fingerprint density at radius 1 is 1.03 bits per heavy atom. The van der Waals surface area contributed by atoms with E-state index in [1.54, 1.807) is 67.6 Å². The number of benzene rings is 3. The number of anilines is 1. The van der Waals surface area contributed by atoms with Crippen LogP contribution >= 0.6 is 23.2 Å². The number of rotatable bonds is 7. The summed E-state index contributed by atoms with van der Waals surface area (Å²) in [5.74, 6) is 0.471. The molecule has 0 saturated heterocycles. The van der Waals surface area contributed by atoms with Gasteiger partial charge in [-0.15, -0.1) is 0 Å². The number of hydrogen-bond donors (Lipinski definition) is 2. The van der Waals surface area contributed by atoms with E-state index in [4.69, 9.17) is 32.7 Å². The molecule has 7 nitrogen and oxygen atoms in total. The summed E-state index contributed by atoms with van der Waals surface area (Å²) >= 11 is 12.3. The van der Waals surface area contributed by atoms with E-state index in [1.807, 2.05) is 0 Å². The normalized spacial score (nSPS) is 10.8. The summed E-state index contributed by atoms with van der Waals surface area (Å²) in [7, 11) is 0. The highest BCUT2D eigenvalue weighted by Crippen LogP contribution is 2.31. The highest BCUT2D eigenvalue weighted by Gasteiger charge is 2.13. The van der Waals surface area contributed by atoms with Crippen molar-refractivity contribution in [2.24, 2.45) is 0 Å². The van der Waals surface area contributed by atoms with Crippen LogP contribution in [0.4, 0.5) is 5.69 Å². The number of H-pyrrole nitrogens is 1. The van der Waals surface area contributed by atoms with Crippen LogP contribution < -0.4 is 10.1 Å². The number of imidazole rings is 1. The molecule has 0 aliphatic heterocycles. The molecule has 4 rings (SSSR count). The zero-order chi connectivity index (χ0) is 23.4. The first-order valence-electron chi connectivity index (χ1n) is 10.1. The van der Waals surface area contributed by atoms with Crippen LogP contribution in [0.15, 0.2) is 60.7 Å². The minimum absolute atomic E-state index is 0.139. The molecular formula is C24H19Cl2N3O4. The van der Waals surface area contributed by atoms with E-state index >= 15 is 0 Å². The Morgan fingerprint density at radius 2 is 1.82 bits per heavy atom. The molecule has 0 saturated carbocycles. The van der Waals surface area contributed by atoms with E-state index in [0.717, 1.165) is 5.56 Å². The van der Waals surface area contributed by atoms with Crippen LogP contribution in [0, 0.1) is 0 Å². The van der Waals surface area contributed by atoms with E-state index < -0.39 is 0 Å². The minimum Gasteiger partial charge on any atom is -0.466 e. The zero-order valence-corrected chi connectivity index (χ0v) is 19.0. The smallest absolute Gasteiger partial charge is 0.310 e. The van der Waals surface area contributed by atoms with Gasteiger partial charge in [0.15, 0.2) is 5.82 Å². The van der Waals surface area contributed by atoms with Crippen molar-refractivity contribution >= 4 is 51.8 Å². The summed E-state index contributed by atoms with van der Waals surface area (Å²) in [6.45, 7) is 2.09. The van der Waals surface area contributed by atoms with E-state index in [-0.39, 0.29) is 24.1 Å². The van der Waals surface area contributed by atoms with Crippen LogP contribution in [0.5, 0.6) is 11.5 Å². The van der Waals surface area contributed by atoms with Crippen LogP contribution in [0.2, 0.25) is 10.0 Å². The van der Waals surface area contributed by atoms with E-state index in [9.17, 15) is 9.59 Å². The van der Waals surface area contributed by atoms with Gasteiger partial charge < -0.3 is 19.8 Å². The van der Waals surface area contributed by atoms with Crippen LogP contribution in [0.3, 0.4) is 0 Å². The van der Waals surface area contributed by atoms with Gasteiger partial charge >= 0.3 is 5.97 Å². The number of aromatic amines is 1. The number of carbonyl (C=O) groups is 2. The van der Waals surface area contributed by atoms with Crippen molar-refractivity contribution in [3.05, 3.63) is 82.1 Å². The molecule has 33 heavy (non-hydrogen) atoms. The van der Waals surface area contributed by atoms with Gasteiger partial charge in [0.2, 0.25) is 0 Å². The monoisotopic (exact) mass is 483 g/mol. The number of nitrogens with zero attached hydrogens (tertiary/aromatic N) is 1. The highest BCUT2D eigenvalue weighted by molar-refractivity contribution is 6.32. The quantitative estimate of drug-likeness (QED) is 0.313. The molecule has 0 fully saturated rings. The molecule has 0 spiro atoms. The number of ether oxygens (including phenoxy) is 2.